The Labute approximate surface area is 122 Å². The number of hydrogen-bond donors (Lipinski definition) is 1. The van der Waals surface area contributed by atoms with Gasteiger partial charge in [-0.05, 0) is 37.3 Å². The highest BCUT2D eigenvalue weighted by atomic mass is 19.1. The van der Waals surface area contributed by atoms with Crippen molar-refractivity contribution in [2.75, 3.05) is 7.11 Å². The highest BCUT2D eigenvalue weighted by Gasteiger charge is 2.30. The molecule has 21 heavy (non-hydrogen) atoms. The van der Waals surface area contributed by atoms with Crippen molar-refractivity contribution in [3.8, 4) is 11.5 Å². The Morgan fingerprint density at radius 1 is 1.19 bits per heavy atom. The van der Waals surface area contributed by atoms with E-state index in [9.17, 15) is 9.50 Å². The minimum absolute atomic E-state index is 0.310. The van der Waals surface area contributed by atoms with Crippen molar-refractivity contribution < 1.29 is 19.0 Å². The Bertz CT molecular complexity index is 669. The lowest BCUT2D eigenvalue weighted by atomic mass is 9.94. The van der Waals surface area contributed by atoms with E-state index in [1.807, 2.05) is 6.92 Å². The van der Waals surface area contributed by atoms with Crippen molar-refractivity contribution in [2.45, 2.75) is 25.6 Å². The average Bonchev–Trinajstić information content (AvgIpc) is 2.49. The smallest absolute Gasteiger partial charge is 0.130 e. The van der Waals surface area contributed by atoms with Crippen LogP contribution >= 0.6 is 0 Å². The zero-order chi connectivity index (χ0) is 15.0. The molecule has 1 aliphatic rings. The molecular formula is C17H17FO3. The summed E-state index contributed by atoms with van der Waals surface area (Å²) in [5, 5.41) is 10.3. The van der Waals surface area contributed by atoms with Crippen molar-refractivity contribution in [1.82, 2.24) is 0 Å². The first kappa shape index (κ1) is 13.9. The van der Waals surface area contributed by atoms with Crippen molar-refractivity contribution in [3.05, 3.63) is 58.9 Å². The zero-order valence-electron chi connectivity index (χ0n) is 12.0. The number of aliphatic hydroxyl groups is 1. The second kappa shape index (κ2) is 5.37. The van der Waals surface area contributed by atoms with Gasteiger partial charge in [0.2, 0.25) is 0 Å². The monoisotopic (exact) mass is 288 g/mol. The van der Waals surface area contributed by atoms with E-state index in [4.69, 9.17) is 9.47 Å². The maximum atomic E-state index is 14.0. The second-order valence-corrected chi connectivity index (χ2v) is 5.29. The number of rotatable bonds is 2. The lowest BCUT2D eigenvalue weighted by Crippen LogP contribution is -2.20. The minimum Gasteiger partial charge on any atom is -0.497 e. The first-order valence-corrected chi connectivity index (χ1v) is 6.87. The molecule has 3 nitrogen and oxygen atoms in total. The highest BCUT2D eigenvalue weighted by Crippen LogP contribution is 2.42. The van der Waals surface area contributed by atoms with Crippen molar-refractivity contribution in [1.29, 1.82) is 0 Å². The van der Waals surface area contributed by atoms with Crippen LogP contribution in [0, 0.1) is 12.7 Å². The van der Waals surface area contributed by atoms with Gasteiger partial charge in [-0.25, -0.2) is 4.39 Å². The summed E-state index contributed by atoms with van der Waals surface area (Å²) in [6.07, 6.45) is -0.866. The summed E-state index contributed by atoms with van der Waals surface area (Å²) < 4.78 is 25.0. The molecule has 2 atom stereocenters. The van der Waals surface area contributed by atoms with E-state index in [1.165, 1.54) is 6.07 Å². The van der Waals surface area contributed by atoms with Gasteiger partial charge >= 0.3 is 0 Å². The Kier molecular flexibility index (Phi) is 3.55. The molecule has 1 aliphatic heterocycles. The van der Waals surface area contributed by atoms with Gasteiger partial charge in [-0.15, -0.1) is 0 Å². The number of aliphatic hydroxyl groups excluding tert-OH is 1. The van der Waals surface area contributed by atoms with E-state index in [0.717, 1.165) is 5.56 Å². The quantitative estimate of drug-likeness (QED) is 0.915. The van der Waals surface area contributed by atoms with E-state index in [-0.39, 0.29) is 5.82 Å². The third-order valence-electron chi connectivity index (χ3n) is 3.78. The number of aryl methyl sites for hydroxylation is 1. The predicted octanol–water partition coefficient (Wildman–Crippen LogP) is 3.70. The molecule has 3 rings (SSSR count). The third kappa shape index (κ3) is 2.59. The summed E-state index contributed by atoms with van der Waals surface area (Å²) in [6.45, 7) is 1.90. The van der Waals surface area contributed by atoms with Gasteiger partial charge in [0, 0.05) is 17.5 Å². The van der Waals surface area contributed by atoms with Gasteiger partial charge in [0.25, 0.3) is 0 Å². The van der Waals surface area contributed by atoms with Crippen molar-refractivity contribution in [2.24, 2.45) is 0 Å². The van der Waals surface area contributed by atoms with Crippen LogP contribution in [0.4, 0.5) is 4.39 Å². The lowest BCUT2D eigenvalue weighted by molar-refractivity contribution is 0.0637. The van der Waals surface area contributed by atoms with Gasteiger partial charge in [0.05, 0.1) is 13.2 Å². The number of benzene rings is 2. The molecule has 0 fully saturated rings. The van der Waals surface area contributed by atoms with Gasteiger partial charge in [-0.1, -0.05) is 11.6 Å². The molecule has 0 spiro atoms. The first-order chi connectivity index (χ1) is 10.1. The van der Waals surface area contributed by atoms with Crippen LogP contribution < -0.4 is 9.47 Å². The normalized spacial score (nSPS) is 20.6. The van der Waals surface area contributed by atoms with Gasteiger partial charge in [0.1, 0.15) is 23.4 Å². The van der Waals surface area contributed by atoms with Crippen molar-refractivity contribution in [3.63, 3.8) is 0 Å². The fraction of sp³-hybridized carbons (Fsp3) is 0.294. The molecule has 0 bridgehead atoms. The molecule has 0 radical (unpaired) electrons. The Hall–Kier alpha value is -2.07. The Balaban J connectivity index is 1.96. The summed E-state index contributed by atoms with van der Waals surface area (Å²) in [4.78, 5) is 0. The van der Waals surface area contributed by atoms with Crippen LogP contribution in [0.2, 0.25) is 0 Å². The predicted molar refractivity (Wildman–Crippen MR) is 77.1 cm³/mol. The summed E-state index contributed by atoms with van der Waals surface area (Å²) >= 11 is 0. The van der Waals surface area contributed by atoms with Crippen LogP contribution in [-0.2, 0) is 0 Å². The summed E-state index contributed by atoms with van der Waals surface area (Å²) in [7, 11) is 1.57. The van der Waals surface area contributed by atoms with Gasteiger partial charge < -0.3 is 14.6 Å². The molecule has 1 N–H and O–H groups in total. The number of hydrogen-bond acceptors (Lipinski definition) is 3. The lowest BCUT2D eigenvalue weighted by Gasteiger charge is -2.30. The van der Waals surface area contributed by atoms with Crippen LogP contribution in [0.15, 0.2) is 36.4 Å². The van der Waals surface area contributed by atoms with E-state index in [2.05, 4.69) is 0 Å². The zero-order valence-corrected chi connectivity index (χ0v) is 12.0. The average molecular weight is 288 g/mol. The van der Waals surface area contributed by atoms with Crippen molar-refractivity contribution >= 4 is 0 Å². The SMILES string of the molecule is COc1ccc2c(c1)[C@@H](O)CC(c1cc(C)ccc1F)O2. The molecule has 0 aromatic heterocycles. The maximum Gasteiger partial charge on any atom is 0.130 e. The minimum atomic E-state index is -0.700. The molecule has 4 heteroatoms. The summed E-state index contributed by atoms with van der Waals surface area (Å²) in [6, 6.07) is 10.2. The molecule has 110 valence electrons. The Morgan fingerprint density at radius 2 is 2.00 bits per heavy atom. The van der Waals surface area contributed by atoms with E-state index >= 15 is 0 Å². The van der Waals surface area contributed by atoms with Crippen LogP contribution in [0.5, 0.6) is 11.5 Å². The molecular weight excluding hydrogens is 271 g/mol. The van der Waals surface area contributed by atoms with E-state index < -0.39 is 12.2 Å². The molecule has 2 aromatic carbocycles. The highest BCUT2D eigenvalue weighted by molar-refractivity contribution is 5.44. The van der Waals surface area contributed by atoms with Crippen LogP contribution in [0.3, 0.4) is 0 Å². The van der Waals surface area contributed by atoms with Gasteiger partial charge in [0.15, 0.2) is 0 Å². The molecule has 1 unspecified atom stereocenters. The molecule has 1 heterocycles. The van der Waals surface area contributed by atoms with Crippen LogP contribution in [0.25, 0.3) is 0 Å². The number of ether oxygens (including phenoxy) is 2. The van der Waals surface area contributed by atoms with Gasteiger partial charge in [-0.3, -0.25) is 0 Å². The number of methoxy groups -OCH3 is 1. The number of fused-ring (bicyclic) bond motifs is 1. The fourth-order valence-electron chi connectivity index (χ4n) is 2.65. The second-order valence-electron chi connectivity index (χ2n) is 5.29. The summed E-state index contributed by atoms with van der Waals surface area (Å²) in [5.74, 6) is 0.923. The molecule has 0 saturated carbocycles. The molecule has 2 aromatic rings. The number of halogens is 1. The maximum absolute atomic E-state index is 14.0. The molecule has 0 amide bonds. The fourth-order valence-corrected chi connectivity index (χ4v) is 2.65. The largest absolute Gasteiger partial charge is 0.497 e. The van der Waals surface area contributed by atoms with Crippen LogP contribution in [0.1, 0.15) is 35.3 Å². The Morgan fingerprint density at radius 3 is 2.76 bits per heavy atom. The standard InChI is InChI=1S/C17H17FO3/c1-10-3-5-14(18)12(7-10)17-9-15(19)13-8-11(20-2)4-6-16(13)21-17/h3-8,15,17,19H,9H2,1-2H3/t15-,17?/m0/s1. The van der Waals surface area contributed by atoms with Gasteiger partial charge in [-0.2, -0.15) is 0 Å². The first-order valence-electron chi connectivity index (χ1n) is 6.87. The molecule has 0 saturated heterocycles. The topological polar surface area (TPSA) is 38.7 Å². The van der Waals surface area contributed by atoms with E-state index in [1.54, 1.807) is 37.4 Å². The molecule has 0 aliphatic carbocycles. The van der Waals surface area contributed by atoms with E-state index in [0.29, 0.717) is 29.0 Å². The third-order valence-corrected chi connectivity index (χ3v) is 3.78. The summed E-state index contributed by atoms with van der Waals surface area (Å²) in [5.41, 5.74) is 2.12. The van der Waals surface area contributed by atoms with Crippen LogP contribution in [-0.4, -0.2) is 12.2 Å².